The molecular weight excluding hydrogens is 241 g/mol. The van der Waals surface area contributed by atoms with Crippen molar-refractivity contribution in [1.29, 1.82) is 0 Å². The fourth-order valence-corrected chi connectivity index (χ4v) is 4.23. The van der Waals surface area contributed by atoms with Crippen LogP contribution in [-0.4, -0.2) is 13.7 Å². The van der Waals surface area contributed by atoms with Gasteiger partial charge in [-0.15, -0.1) is 0 Å². The Hall–Kier alpha value is -1.10. The van der Waals surface area contributed by atoms with E-state index in [2.05, 4.69) is 0 Å². The maximum Gasteiger partial charge on any atom is 0.181 e. The topological polar surface area (TPSA) is 60.2 Å². The molecule has 3 nitrogen and oxygen atoms in total. The molecule has 0 bridgehead atoms. The highest BCUT2D eigenvalue weighted by Crippen LogP contribution is 2.29. The second-order valence-corrected chi connectivity index (χ2v) is 6.75. The zero-order valence-electron chi connectivity index (χ0n) is 9.52. The first kappa shape index (κ1) is 12.4. The van der Waals surface area contributed by atoms with Crippen LogP contribution in [0.3, 0.4) is 0 Å². The minimum atomic E-state index is -3.43. The number of sulfone groups is 1. The van der Waals surface area contributed by atoms with Gasteiger partial charge in [0, 0.05) is 5.69 Å². The maximum absolute atomic E-state index is 13.2. The van der Waals surface area contributed by atoms with Crippen LogP contribution < -0.4 is 5.73 Å². The number of nitrogens with two attached hydrogens (primary N) is 1. The van der Waals surface area contributed by atoms with Gasteiger partial charge in [-0.1, -0.05) is 19.3 Å². The van der Waals surface area contributed by atoms with Crippen LogP contribution in [0.1, 0.15) is 32.1 Å². The normalized spacial score (nSPS) is 18.2. The summed E-state index contributed by atoms with van der Waals surface area (Å²) in [5, 5.41) is -0.377. The molecule has 1 aliphatic rings. The lowest BCUT2D eigenvalue weighted by Crippen LogP contribution is -2.24. The van der Waals surface area contributed by atoms with Crippen molar-refractivity contribution in [1.82, 2.24) is 0 Å². The third-order valence-electron chi connectivity index (χ3n) is 3.21. The standard InChI is InChI=1S/C12H16FNO2S/c13-9-6-10(14)8-12(7-9)17(15,16)11-4-2-1-3-5-11/h6-8,11H,1-5,14H2. The van der Waals surface area contributed by atoms with Crippen molar-refractivity contribution in [2.75, 3.05) is 5.73 Å². The van der Waals surface area contributed by atoms with Crippen LogP contribution in [0.25, 0.3) is 0 Å². The van der Waals surface area contributed by atoms with Gasteiger partial charge in [0.2, 0.25) is 0 Å². The van der Waals surface area contributed by atoms with E-state index >= 15 is 0 Å². The Kier molecular flexibility index (Phi) is 3.38. The van der Waals surface area contributed by atoms with Crippen LogP contribution in [0.4, 0.5) is 10.1 Å². The molecule has 1 aromatic rings. The predicted octanol–water partition coefficient (Wildman–Crippen LogP) is 2.51. The van der Waals surface area contributed by atoms with E-state index in [0.717, 1.165) is 31.4 Å². The molecule has 1 fully saturated rings. The van der Waals surface area contributed by atoms with Crippen molar-refractivity contribution >= 4 is 15.5 Å². The quantitative estimate of drug-likeness (QED) is 0.828. The monoisotopic (exact) mass is 257 g/mol. The summed E-state index contributed by atoms with van der Waals surface area (Å²) >= 11 is 0. The van der Waals surface area contributed by atoms with Gasteiger partial charge in [0.05, 0.1) is 10.1 Å². The molecule has 0 aromatic heterocycles. The molecule has 0 heterocycles. The Balaban J connectivity index is 2.36. The number of halogens is 1. The van der Waals surface area contributed by atoms with E-state index in [1.165, 1.54) is 6.07 Å². The van der Waals surface area contributed by atoms with Crippen LogP contribution in [0.15, 0.2) is 23.1 Å². The van der Waals surface area contributed by atoms with Crippen LogP contribution >= 0.6 is 0 Å². The van der Waals surface area contributed by atoms with E-state index in [-0.39, 0.29) is 15.8 Å². The molecule has 0 aliphatic heterocycles. The minimum absolute atomic E-state index is 0.0156. The summed E-state index contributed by atoms with van der Waals surface area (Å²) in [4.78, 5) is 0.0156. The summed E-state index contributed by atoms with van der Waals surface area (Å²) < 4.78 is 37.7. The molecule has 0 spiro atoms. The highest BCUT2D eigenvalue weighted by Gasteiger charge is 2.29. The van der Waals surface area contributed by atoms with Crippen LogP contribution in [-0.2, 0) is 9.84 Å². The zero-order valence-corrected chi connectivity index (χ0v) is 10.3. The number of benzene rings is 1. The van der Waals surface area contributed by atoms with Crippen molar-refractivity contribution in [3.05, 3.63) is 24.0 Å². The summed E-state index contributed by atoms with van der Waals surface area (Å²) in [5.74, 6) is -0.598. The summed E-state index contributed by atoms with van der Waals surface area (Å²) in [6.45, 7) is 0. The fraction of sp³-hybridized carbons (Fsp3) is 0.500. The Labute approximate surface area is 101 Å². The Bertz CT molecular complexity index is 487. The van der Waals surface area contributed by atoms with E-state index in [0.29, 0.717) is 12.8 Å². The van der Waals surface area contributed by atoms with E-state index in [9.17, 15) is 12.8 Å². The Morgan fingerprint density at radius 3 is 2.35 bits per heavy atom. The summed E-state index contributed by atoms with van der Waals surface area (Å²) in [6.07, 6.45) is 4.26. The van der Waals surface area contributed by atoms with E-state index in [4.69, 9.17) is 5.73 Å². The highest BCUT2D eigenvalue weighted by atomic mass is 32.2. The molecule has 1 aliphatic carbocycles. The molecule has 17 heavy (non-hydrogen) atoms. The van der Waals surface area contributed by atoms with Crippen molar-refractivity contribution in [2.45, 2.75) is 42.2 Å². The van der Waals surface area contributed by atoms with E-state index < -0.39 is 15.7 Å². The molecule has 94 valence electrons. The first-order valence-corrected chi connectivity index (χ1v) is 7.35. The van der Waals surface area contributed by atoms with Crippen molar-refractivity contribution in [2.24, 2.45) is 0 Å². The maximum atomic E-state index is 13.2. The largest absolute Gasteiger partial charge is 0.399 e. The second-order valence-electron chi connectivity index (χ2n) is 4.53. The Morgan fingerprint density at radius 1 is 1.12 bits per heavy atom. The van der Waals surface area contributed by atoms with Crippen molar-refractivity contribution < 1.29 is 12.8 Å². The first-order chi connectivity index (χ1) is 8.00. The average molecular weight is 257 g/mol. The number of hydrogen-bond acceptors (Lipinski definition) is 3. The van der Waals surface area contributed by atoms with E-state index in [1.807, 2.05) is 0 Å². The lowest BCUT2D eigenvalue weighted by atomic mass is 10.0. The zero-order chi connectivity index (χ0) is 12.5. The van der Waals surface area contributed by atoms with Gasteiger partial charge in [-0.05, 0) is 31.0 Å². The first-order valence-electron chi connectivity index (χ1n) is 5.80. The minimum Gasteiger partial charge on any atom is -0.399 e. The van der Waals surface area contributed by atoms with Gasteiger partial charge < -0.3 is 5.73 Å². The second kappa shape index (κ2) is 4.64. The molecule has 0 atom stereocenters. The highest BCUT2D eigenvalue weighted by molar-refractivity contribution is 7.92. The fourth-order valence-electron chi connectivity index (χ4n) is 2.32. The number of rotatable bonds is 2. The molecule has 5 heteroatoms. The molecule has 2 rings (SSSR count). The average Bonchev–Trinajstić information content (AvgIpc) is 2.29. The van der Waals surface area contributed by atoms with Gasteiger partial charge in [0.1, 0.15) is 5.82 Å². The molecule has 1 saturated carbocycles. The SMILES string of the molecule is Nc1cc(F)cc(S(=O)(=O)C2CCCCC2)c1. The van der Waals surface area contributed by atoms with Crippen molar-refractivity contribution in [3.63, 3.8) is 0 Å². The molecule has 0 unspecified atom stereocenters. The van der Waals surface area contributed by atoms with Gasteiger partial charge >= 0.3 is 0 Å². The molecule has 1 aromatic carbocycles. The van der Waals surface area contributed by atoms with Gasteiger partial charge in [-0.25, -0.2) is 12.8 Å². The number of hydrogen-bond donors (Lipinski definition) is 1. The molecule has 0 amide bonds. The van der Waals surface area contributed by atoms with Gasteiger partial charge in [0.25, 0.3) is 0 Å². The van der Waals surface area contributed by atoms with Gasteiger partial charge in [0.15, 0.2) is 9.84 Å². The van der Waals surface area contributed by atoms with Crippen LogP contribution in [0, 0.1) is 5.82 Å². The smallest absolute Gasteiger partial charge is 0.181 e. The number of anilines is 1. The summed E-state index contributed by atoms with van der Waals surface area (Å²) in [7, 11) is -3.43. The molecular formula is C12H16FNO2S. The summed E-state index contributed by atoms with van der Waals surface area (Å²) in [5.41, 5.74) is 5.63. The Morgan fingerprint density at radius 2 is 1.76 bits per heavy atom. The van der Waals surface area contributed by atoms with Crippen LogP contribution in [0.5, 0.6) is 0 Å². The predicted molar refractivity (Wildman–Crippen MR) is 64.9 cm³/mol. The lowest BCUT2D eigenvalue weighted by molar-refractivity contribution is 0.483. The summed E-state index contributed by atoms with van der Waals surface area (Å²) in [6, 6.07) is 3.52. The van der Waals surface area contributed by atoms with E-state index in [1.54, 1.807) is 0 Å². The molecule has 0 radical (unpaired) electrons. The number of nitrogen functional groups attached to an aromatic ring is 1. The third-order valence-corrected chi connectivity index (χ3v) is 5.46. The van der Waals surface area contributed by atoms with Crippen LogP contribution in [0.2, 0.25) is 0 Å². The lowest BCUT2D eigenvalue weighted by Gasteiger charge is -2.21. The third kappa shape index (κ3) is 2.60. The molecule has 2 N–H and O–H groups in total. The van der Waals surface area contributed by atoms with Crippen molar-refractivity contribution in [3.8, 4) is 0 Å². The van der Waals surface area contributed by atoms with Gasteiger partial charge in [-0.3, -0.25) is 0 Å². The van der Waals surface area contributed by atoms with Gasteiger partial charge in [-0.2, -0.15) is 0 Å². The molecule has 0 saturated heterocycles.